The van der Waals surface area contributed by atoms with Crippen molar-refractivity contribution in [3.05, 3.63) is 52.0 Å². The summed E-state index contributed by atoms with van der Waals surface area (Å²) in [7, 11) is 0. The molecule has 0 saturated carbocycles. The average Bonchev–Trinajstić information content (AvgIpc) is 2.75. The fourth-order valence-electron chi connectivity index (χ4n) is 2.69. The van der Waals surface area contributed by atoms with E-state index in [0.29, 0.717) is 5.69 Å². The molecule has 1 aliphatic rings. The number of hydrogen-bond acceptors (Lipinski definition) is 2. The molecule has 5 heteroatoms. The molecule has 3 rings (SSSR count). The highest BCUT2D eigenvalue weighted by Crippen LogP contribution is 2.42. The zero-order valence-electron chi connectivity index (χ0n) is 13.4. The highest BCUT2D eigenvalue weighted by atomic mass is 79.9. The third-order valence-corrected chi connectivity index (χ3v) is 4.14. The van der Waals surface area contributed by atoms with Crippen LogP contribution in [0.1, 0.15) is 25.0 Å². The van der Waals surface area contributed by atoms with Crippen LogP contribution in [-0.4, -0.2) is 11.6 Å². The van der Waals surface area contributed by atoms with Crippen molar-refractivity contribution in [3.63, 3.8) is 0 Å². The lowest BCUT2D eigenvalue weighted by molar-refractivity contribution is 0.139. The molecule has 0 bridgehead atoms. The molecule has 0 aromatic heterocycles. The number of ether oxygens (including phenoxy) is 1. The van der Waals surface area contributed by atoms with E-state index >= 15 is 0 Å². The number of benzene rings is 2. The van der Waals surface area contributed by atoms with Gasteiger partial charge >= 0.3 is 6.03 Å². The molecule has 120 valence electrons. The summed E-state index contributed by atoms with van der Waals surface area (Å²) >= 11 is 3.49. The van der Waals surface area contributed by atoms with E-state index in [-0.39, 0.29) is 11.6 Å². The molecule has 1 heterocycles. The number of hydrogen-bond donors (Lipinski definition) is 2. The van der Waals surface area contributed by atoms with Crippen molar-refractivity contribution in [3.8, 4) is 5.75 Å². The van der Waals surface area contributed by atoms with Gasteiger partial charge in [0.2, 0.25) is 0 Å². The van der Waals surface area contributed by atoms with Gasteiger partial charge in [-0.1, -0.05) is 33.6 Å². The lowest BCUT2D eigenvalue weighted by Crippen LogP contribution is -2.25. The van der Waals surface area contributed by atoms with Crippen molar-refractivity contribution in [1.82, 2.24) is 0 Å². The van der Waals surface area contributed by atoms with Gasteiger partial charge in [0.25, 0.3) is 0 Å². The van der Waals surface area contributed by atoms with Crippen molar-refractivity contribution in [2.24, 2.45) is 0 Å². The van der Waals surface area contributed by atoms with Crippen molar-refractivity contribution in [1.29, 1.82) is 0 Å². The van der Waals surface area contributed by atoms with E-state index in [2.05, 4.69) is 26.6 Å². The molecular formula is C18H19BrN2O2. The van der Waals surface area contributed by atoms with Crippen LogP contribution in [0.3, 0.4) is 0 Å². The van der Waals surface area contributed by atoms with Crippen molar-refractivity contribution in [2.75, 3.05) is 10.6 Å². The topological polar surface area (TPSA) is 50.4 Å². The molecule has 4 nitrogen and oxygen atoms in total. The first-order chi connectivity index (χ1) is 10.8. The molecule has 2 amide bonds. The number of aryl methyl sites for hydroxylation is 1. The highest BCUT2D eigenvalue weighted by Gasteiger charge is 2.32. The smallest absolute Gasteiger partial charge is 0.323 e. The summed E-state index contributed by atoms with van der Waals surface area (Å²) in [6, 6.07) is 11.3. The molecule has 23 heavy (non-hydrogen) atoms. The van der Waals surface area contributed by atoms with Crippen LogP contribution in [0.4, 0.5) is 16.2 Å². The number of rotatable bonds is 2. The molecule has 0 unspecified atom stereocenters. The van der Waals surface area contributed by atoms with Gasteiger partial charge in [-0.15, -0.1) is 0 Å². The number of urea groups is 1. The molecule has 1 aliphatic heterocycles. The van der Waals surface area contributed by atoms with E-state index in [4.69, 9.17) is 4.74 Å². The second-order valence-corrected chi connectivity index (χ2v) is 7.34. The number of nitrogens with one attached hydrogen (secondary N) is 2. The van der Waals surface area contributed by atoms with E-state index in [0.717, 1.165) is 33.5 Å². The van der Waals surface area contributed by atoms with Crippen LogP contribution in [-0.2, 0) is 6.42 Å². The van der Waals surface area contributed by atoms with Gasteiger partial charge in [0, 0.05) is 22.1 Å². The van der Waals surface area contributed by atoms with Gasteiger partial charge in [-0.2, -0.15) is 0 Å². The van der Waals surface area contributed by atoms with E-state index in [1.54, 1.807) is 0 Å². The third-order valence-electron chi connectivity index (χ3n) is 3.68. The Morgan fingerprint density at radius 1 is 1.17 bits per heavy atom. The number of carbonyl (C=O) groups is 1. The first-order valence-electron chi connectivity index (χ1n) is 7.48. The van der Waals surface area contributed by atoms with Gasteiger partial charge in [-0.05, 0) is 45.0 Å². The largest absolute Gasteiger partial charge is 0.485 e. The van der Waals surface area contributed by atoms with Gasteiger partial charge in [0.05, 0.1) is 5.69 Å². The lowest BCUT2D eigenvalue weighted by Gasteiger charge is -2.18. The lowest BCUT2D eigenvalue weighted by atomic mass is 10.0. The normalized spacial score (nSPS) is 14.8. The van der Waals surface area contributed by atoms with Crippen LogP contribution in [0.25, 0.3) is 0 Å². The number of halogens is 1. The van der Waals surface area contributed by atoms with Crippen LogP contribution >= 0.6 is 15.9 Å². The monoisotopic (exact) mass is 374 g/mol. The van der Waals surface area contributed by atoms with Crippen LogP contribution in [0.15, 0.2) is 40.9 Å². The van der Waals surface area contributed by atoms with Crippen LogP contribution in [0.5, 0.6) is 5.75 Å². The van der Waals surface area contributed by atoms with E-state index < -0.39 is 0 Å². The second kappa shape index (κ2) is 5.89. The van der Waals surface area contributed by atoms with Gasteiger partial charge in [-0.25, -0.2) is 4.79 Å². The Balaban J connectivity index is 1.78. The van der Waals surface area contributed by atoms with Gasteiger partial charge in [0.15, 0.2) is 0 Å². The minimum absolute atomic E-state index is 0.257. The summed E-state index contributed by atoms with van der Waals surface area (Å²) in [6.45, 7) is 6.09. The molecule has 2 aromatic carbocycles. The quantitative estimate of drug-likeness (QED) is 0.766. The fourth-order valence-corrected chi connectivity index (χ4v) is 3.19. The zero-order chi connectivity index (χ0) is 16.6. The van der Waals surface area contributed by atoms with Crippen molar-refractivity contribution < 1.29 is 9.53 Å². The summed E-state index contributed by atoms with van der Waals surface area (Å²) in [5, 5.41) is 5.71. The average molecular weight is 375 g/mol. The molecule has 0 aliphatic carbocycles. The first kappa shape index (κ1) is 15.9. The molecule has 2 N–H and O–H groups in total. The van der Waals surface area contributed by atoms with Gasteiger partial charge < -0.3 is 15.4 Å². The minimum atomic E-state index is -0.289. The van der Waals surface area contributed by atoms with Gasteiger partial charge in [-0.3, -0.25) is 0 Å². The number of carbonyl (C=O) groups excluding carboxylic acids is 1. The van der Waals surface area contributed by atoms with Crippen LogP contribution < -0.4 is 15.4 Å². The Kier molecular flexibility index (Phi) is 4.06. The Morgan fingerprint density at radius 2 is 1.87 bits per heavy atom. The maximum absolute atomic E-state index is 12.2. The molecule has 0 spiro atoms. The first-order valence-corrected chi connectivity index (χ1v) is 8.28. The maximum atomic E-state index is 12.2. The number of fused-ring (bicyclic) bond motifs is 1. The Hall–Kier alpha value is -2.01. The maximum Gasteiger partial charge on any atom is 0.323 e. The molecule has 0 saturated heterocycles. The third kappa shape index (κ3) is 3.67. The van der Waals surface area contributed by atoms with Gasteiger partial charge in [0.1, 0.15) is 11.4 Å². The summed E-state index contributed by atoms with van der Waals surface area (Å²) in [5.41, 5.74) is 3.41. The summed E-state index contributed by atoms with van der Waals surface area (Å²) in [5.74, 6) is 0.747. The molecule has 0 radical (unpaired) electrons. The predicted molar refractivity (Wildman–Crippen MR) is 96.4 cm³/mol. The Bertz CT molecular complexity index is 754. The predicted octanol–water partition coefficient (Wildman–Crippen LogP) is 5.12. The number of amides is 2. The Labute approximate surface area is 144 Å². The number of anilines is 2. The van der Waals surface area contributed by atoms with E-state index in [9.17, 15) is 4.79 Å². The SMILES string of the molecule is Cc1ccc(NC(=O)Nc2cc(Br)cc3c2OC(C)(C)C3)cc1. The second-order valence-electron chi connectivity index (χ2n) is 6.43. The Morgan fingerprint density at radius 3 is 2.57 bits per heavy atom. The minimum Gasteiger partial charge on any atom is -0.485 e. The summed E-state index contributed by atoms with van der Waals surface area (Å²) in [6.07, 6.45) is 0.816. The van der Waals surface area contributed by atoms with E-state index in [1.165, 1.54) is 0 Å². The van der Waals surface area contributed by atoms with E-state index in [1.807, 2.05) is 57.2 Å². The van der Waals surface area contributed by atoms with Crippen molar-refractivity contribution >= 4 is 33.3 Å². The zero-order valence-corrected chi connectivity index (χ0v) is 15.0. The fraction of sp³-hybridized carbons (Fsp3) is 0.278. The van der Waals surface area contributed by atoms with Crippen molar-refractivity contribution in [2.45, 2.75) is 32.8 Å². The molecule has 2 aromatic rings. The summed E-state index contributed by atoms with van der Waals surface area (Å²) in [4.78, 5) is 12.2. The molecule has 0 atom stereocenters. The highest BCUT2D eigenvalue weighted by molar-refractivity contribution is 9.10. The molecular weight excluding hydrogens is 356 g/mol. The van der Waals surface area contributed by atoms with Crippen LogP contribution in [0.2, 0.25) is 0 Å². The summed E-state index contributed by atoms with van der Waals surface area (Å²) < 4.78 is 6.90. The standard InChI is InChI=1S/C18H19BrN2O2/c1-11-4-6-14(7-5-11)20-17(22)21-15-9-13(19)8-12-10-18(2,3)23-16(12)15/h4-9H,10H2,1-3H3,(H2,20,21,22). The molecule has 0 fully saturated rings. The van der Waals surface area contributed by atoms with Crippen LogP contribution in [0, 0.1) is 6.92 Å².